The van der Waals surface area contributed by atoms with Crippen LogP contribution in [-0.2, 0) is 10.0 Å². The predicted octanol–water partition coefficient (Wildman–Crippen LogP) is 1.90. The first-order valence-electron chi connectivity index (χ1n) is 6.43. The Morgan fingerprint density at radius 1 is 0.957 bits per heavy atom. The second-order valence-corrected chi connectivity index (χ2v) is 6.69. The number of benzene rings is 2. The van der Waals surface area contributed by atoms with Crippen molar-refractivity contribution in [3.8, 4) is 12.1 Å². The van der Waals surface area contributed by atoms with Gasteiger partial charge in [0.05, 0.1) is 28.4 Å². The number of nitrogens with zero attached hydrogens (tertiary/aromatic N) is 4. The summed E-state index contributed by atoms with van der Waals surface area (Å²) in [5.74, 6) is 0. The van der Waals surface area contributed by atoms with Gasteiger partial charge in [0.15, 0.2) is 0 Å². The average molecular weight is 323 g/mol. The Labute approximate surface area is 131 Å². The molecule has 0 saturated heterocycles. The van der Waals surface area contributed by atoms with Crippen LogP contribution in [0.5, 0.6) is 0 Å². The second kappa shape index (κ2) is 5.20. The summed E-state index contributed by atoms with van der Waals surface area (Å²) in [6.07, 6.45) is 1.06. The average Bonchev–Trinajstić information content (AvgIpc) is 2.51. The summed E-state index contributed by atoms with van der Waals surface area (Å²) in [7, 11) is -3.40. The van der Waals surface area contributed by atoms with Gasteiger partial charge in [-0.25, -0.2) is 8.42 Å². The zero-order valence-electron chi connectivity index (χ0n) is 11.9. The van der Waals surface area contributed by atoms with Crippen LogP contribution >= 0.6 is 0 Å². The van der Waals surface area contributed by atoms with Crippen molar-refractivity contribution in [2.75, 3.05) is 11.0 Å². The first-order valence-corrected chi connectivity index (χ1v) is 8.32. The van der Waals surface area contributed by atoms with Crippen LogP contribution in [0.1, 0.15) is 11.1 Å². The Kier molecular flexibility index (Phi) is 3.32. The number of anilines is 1. The fourth-order valence-electron chi connectivity index (χ4n) is 2.30. The van der Waals surface area contributed by atoms with Crippen LogP contribution in [0.2, 0.25) is 0 Å². The molecular formula is C15H9N5O2S. The molecule has 0 bridgehead atoms. The van der Waals surface area contributed by atoms with E-state index < -0.39 is 10.0 Å². The number of nitrogens with one attached hydrogen (secondary N) is 1. The molecule has 0 fully saturated rings. The van der Waals surface area contributed by atoms with Gasteiger partial charge in [0.2, 0.25) is 10.0 Å². The third-order valence-corrected chi connectivity index (χ3v) is 3.84. The van der Waals surface area contributed by atoms with Crippen LogP contribution in [0.4, 0.5) is 5.69 Å². The Balaban J connectivity index is 2.35. The van der Waals surface area contributed by atoms with Crippen molar-refractivity contribution in [1.29, 1.82) is 10.5 Å². The molecule has 0 spiro atoms. The zero-order chi connectivity index (χ0) is 16.6. The maximum absolute atomic E-state index is 11.4. The molecule has 3 aromatic rings. The lowest BCUT2D eigenvalue weighted by Crippen LogP contribution is -2.09. The molecular weight excluding hydrogens is 314 g/mol. The molecule has 0 atom stereocenters. The first-order chi connectivity index (χ1) is 10.9. The Morgan fingerprint density at radius 2 is 1.57 bits per heavy atom. The quantitative estimate of drug-likeness (QED) is 0.719. The molecule has 0 unspecified atom stereocenters. The highest BCUT2D eigenvalue weighted by molar-refractivity contribution is 7.92. The maximum atomic E-state index is 11.4. The third-order valence-electron chi connectivity index (χ3n) is 3.23. The van der Waals surface area contributed by atoms with E-state index in [0.717, 1.165) is 6.26 Å². The third kappa shape index (κ3) is 2.76. The number of rotatable bonds is 2. The smallest absolute Gasteiger partial charge is 0.229 e. The van der Waals surface area contributed by atoms with Gasteiger partial charge in [0.1, 0.15) is 12.1 Å². The standard InChI is InChI=1S/C15H9N5O2S/c1-23(21,22)20-11-2-3-14-13(6-11)12-4-9(7-16)10(8-17)5-15(12)19-18-14/h2-6,20H,1H3. The lowest BCUT2D eigenvalue weighted by Gasteiger charge is -2.07. The van der Waals surface area contributed by atoms with E-state index in [2.05, 4.69) is 14.9 Å². The van der Waals surface area contributed by atoms with Crippen LogP contribution in [0, 0.1) is 22.7 Å². The number of aromatic nitrogens is 2. The van der Waals surface area contributed by atoms with Crippen molar-refractivity contribution < 1.29 is 8.42 Å². The second-order valence-electron chi connectivity index (χ2n) is 4.94. The molecule has 0 aliphatic carbocycles. The van der Waals surface area contributed by atoms with Gasteiger partial charge in [0.25, 0.3) is 0 Å². The molecule has 0 radical (unpaired) electrons. The molecule has 1 heterocycles. The Morgan fingerprint density at radius 3 is 2.22 bits per heavy atom. The van der Waals surface area contributed by atoms with Gasteiger partial charge >= 0.3 is 0 Å². The van der Waals surface area contributed by atoms with Gasteiger partial charge in [-0.05, 0) is 30.3 Å². The van der Waals surface area contributed by atoms with Gasteiger partial charge in [-0.1, -0.05) is 0 Å². The van der Waals surface area contributed by atoms with Gasteiger partial charge in [-0.2, -0.15) is 10.5 Å². The minimum Gasteiger partial charge on any atom is -0.284 e. The zero-order valence-corrected chi connectivity index (χ0v) is 12.7. The van der Waals surface area contributed by atoms with Crippen LogP contribution in [0.25, 0.3) is 21.8 Å². The van der Waals surface area contributed by atoms with E-state index in [9.17, 15) is 8.42 Å². The fraction of sp³-hybridized carbons (Fsp3) is 0.0667. The Bertz CT molecular complexity index is 1140. The number of fused-ring (bicyclic) bond motifs is 3. The SMILES string of the molecule is CS(=O)(=O)Nc1ccc2nnc3cc(C#N)c(C#N)cc3c2c1. The molecule has 1 N–H and O–H groups in total. The van der Waals surface area contributed by atoms with Crippen molar-refractivity contribution >= 4 is 37.5 Å². The number of hydrogen-bond acceptors (Lipinski definition) is 6. The van der Waals surface area contributed by atoms with E-state index in [4.69, 9.17) is 10.5 Å². The minimum absolute atomic E-state index is 0.221. The summed E-state index contributed by atoms with van der Waals surface area (Å²) in [5.41, 5.74) is 1.86. The fourth-order valence-corrected chi connectivity index (χ4v) is 2.85. The topological polar surface area (TPSA) is 120 Å². The largest absolute Gasteiger partial charge is 0.284 e. The van der Waals surface area contributed by atoms with Gasteiger partial charge in [-0.15, -0.1) is 10.2 Å². The lowest BCUT2D eigenvalue weighted by molar-refractivity contribution is 0.607. The predicted molar refractivity (Wildman–Crippen MR) is 84.9 cm³/mol. The molecule has 0 amide bonds. The summed E-state index contributed by atoms with van der Waals surface area (Å²) in [4.78, 5) is 0. The normalized spacial score (nSPS) is 11.1. The van der Waals surface area contributed by atoms with Gasteiger partial charge in [-0.3, -0.25) is 4.72 Å². The highest BCUT2D eigenvalue weighted by atomic mass is 32.2. The van der Waals surface area contributed by atoms with Crippen LogP contribution < -0.4 is 4.72 Å². The number of nitriles is 2. The molecule has 1 aromatic heterocycles. The molecule has 2 aromatic carbocycles. The first kappa shape index (κ1) is 14.7. The summed E-state index contributed by atoms with van der Waals surface area (Å²) in [6.45, 7) is 0. The van der Waals surface area contributed by atoms with Gasteiger partial charge < -0.3 is 0 Å². The summed E-state index contributed by atoms with van der Waals surface area (Å²) in [6, 6.07) is 11.8. The highest BCUT2D eigenvalue weighted by Gasteiger charge is 2.11. The van der Waals surface area contributed by atoms with Crippen molar-refractivity contribution in [3.63, 3.8) is 0 Å². The molecule has 0 aliphatic heterocycles. The number of hydrogen-bond donors (Lipinski definition) is 1. The van der Waals surface area contributed by atoms with E-state index in [1.165, 1.54) is 6.07 Å². The number of sulfonamides is 1. The minimum atomic E-state index is -3.40. The van der Waals surface area contributed by atoms with E-state index in [-0.39, 0.29) is 11.1 Å². The lowest BCUT2D eigenvalue weighted by atomic mass is 10.0. The molecule has 8 heteroatoms. The molecule has 112 valence electrons. The monoisotopic (exact) mass is 323 g/mol. The van der Waals surface area contributed by atoms with Crippen LogP contribution in [0.3, 0.4) is 0 Å². The van der Waals surface area contributed by atoms with E-state index >= 15 is 0 Å². The Hall–Kier alpha value is -3.23. The van der Waals surface area contributed by atoms with Gasteiger partial charge in [0, 0.05) is 16.5 Å². The summed E-state index contributed by atoms with van der Waals surface area (Å²) < 4.78 is 25.1. The van der Waals surface area contributed by atoms with Crippen LogP contribution in [0.15, 0.2) is 30.3 Å². The molecule has 7 nitrogen and oxygen atoms in total. The van der Waals surface area contributed by atoms with Crippen molar-refractivity contribution in [1.82, 2.24) is 10.2 Å². The van der Waals surface area contributed by atoms with Crippen molar-refractivity contribution in [3.05, 3.63) is 41.5 Å². The van der Waals surface area contributed by atoms with E-state index in [0.29, 0.717) is 27.5 Å². The summed E-state index contributed by atoms with van der Waals surface area (Å²) >= 11 is 0. The van der Waals surface area contributed by atoms with Crippen LogP contribution in [-0.4, -0.2) is 24.9 Å². The summed E-state index contributed by atoms with van der Waals surface area (Å²) in [5, 5.41) is 27.6. The maximum Gasteiger partial charge on any atom is 0.229 e. The van der Waals surface area contributed by atoms with E-state index in [1.807, 2.05) is 12.1 Å². The van der Waals surface area contributed by atoms with E-state index in [1.54, 1.807) is 24.3 Å². The molecule has 0 saturated carbocycles. The van der Waals surface area contributed by atoms with Crippen molar-refractivity contribution in [2.24, 2.45) is 0 Å². The highest BCUT2D eigenvalue weighted by Crippen LogP contribution is 2.27. The molecule has 0 aliphatic rings. The van der Waals surface area contributed by atoms with Crippen molar-refractivity contribution in [2.45, 2.75) is 0 Å². The molecule has 23 heavy (non-hydrogen) atoms. The molecule has 3 rings (SSSR count).